The third kappa shape index (κ3) is 2.10. The molecule has 2 fully saturated rings. The maximum Gasteiger partial charge on any atom is 0.0622 e. The van der Waals surface area contributed by atoms with E-state index in [0.717, 1.165) is 13.2 Å². The van der Waals surface area contributed by atoms with Crippen molar-refractivity contribution in [2.45, 2.75) is 50.2 Å². The Bertz CT molecular complexity index is 180. The molecule has 3 heteroatoms. The van der Waals surface area contributed by atoms with E-state index < -0.39 is 0 Å². The van der Waals surface area contributed by atoms with E-state index in [9.17, 15) is 0 Å². The predicted octanol–water partition coefficient (Wildman–Crippen LogP) is 0.977. The second-order valence-electron chi connectivity index (χ2n) is 4.70. The molecule has 14 heavy (non-hydrogen) atoms. The van der Waals surface area contributed by atoms with Crippen LogP contribution >= 0.6 is 0 Å². The third-order valence-corrected chi connectivity index (χ3v) is 3.79. The van der Waals surface area contributed by atoms with Gasteiger partial charge in [-0.1, -0.05) is 12.8 Å². The zero-order chi connectivity index (χ0) is 9.97. The van der Waals surface area contributed by atoms with Gasteiger partial charge in [0.1, 0.15) is 0 Å². The first kappa shape index (κ1) is 10.4. The number of nitrogens with zero attached hydrogens (tertiary/aromatic N) is 1. The van der Waals surface area contributed by atoms with Gasteiger partial charge < -0.3 is 10.5 Å². The predicted molar refractivity (Wildman–Crippen MR) is 57.2 cm³/mol. The van der Waals surface area contributed by atoms with Gasteiger partial charge in [-0.3, -0.25) is 4.90 Å². The summed E-state index contributed by atoms with van der Waals surface area (Å²) in [5, 5.41) is 0. The molecule has 0 aromatic rings. The standard InChI is InChI=1S/C11H22N2O/c1-13(9-6-7-14-8-9)11-5-3-2-4-10(11)12/h9-11H,2-8,12H2,1H3. The number of likely N-dealkylation sites (N-methyl/N-ethyl adjacent to an activating group) is 1. The molecule has 0 bridgehead atoms. The second kappa shape index (κ2) is 4.60. The van der Waals surface area contributed by atoms with Crippen molar-refractivity contribution in [1.29, 1.82) is 0 Å². The Balaban J connectivity index is 1.91. The number of hydrogen-bond donors (Lipinski definition) is 1. The quantitative estimate of drug-likeness (QED) is 0.719. The monoisotopic (exact) mass is 198 g/mol. The van der Waals surface area contributed by atoms with E-state index in [4.69, 9.17) is 10.5 Å². The lowest BCUT2D eigenvalue weighted by atomic mass is 9.89. The van der Waals surface area contributed by atoms with Gasteiger partial charge in [0.15, 0.2) is 0 Å². The average Bonchev–Trinajstić information content (AvgIpc) is 2.70. The molecule has 3 atom stereocenters. The maximum atomic E-state index is 6.17. The highest BCUT2D eigenvalue weighted by Crippen LogP contribution is 2.24. The molecular formula is C11H22N2O. The third-order valence-electron chi connectivity index (χ3n) is 3.79. The van der Waals surface area contributed by atoms with Crippen LogP contribution in [0.25, 0.3) is 0 Å². The van der Waals surface area contributed by atoms with Gasteiger partial charge in [-0.05, 0) is 26.3 Å². The molecule has 2 rings (SSSR count). The summed E-state index contributed by atoms with van der Waals surface area (Å²) in [4.78, 5) is 2.47. The van der Waals surface area contributed by atoms with Crippen LogP contribution in [0.1, 0.15) is 32.1 Å². The molecule has 1 aliphatic heterocycles. The highest BCUT2D eigenvalue weighted by Gasteiger charge is 2.31. The summed E-state index contributed by atoms with van der Waals surface area (Å²) in [5.74, 6) is 0. The molecule has 1 heterocycles. The minimum absolute atomic E-state index is 0.384. The van der Waals surface area contributed by atoms with Gasteiger partial charge in [-0.15, -0.1) is 0 Å². The lowest BCUT2D eigenvalue weighted by molar-refractivity contribution is 0.102. The summed E-state index contributed by atoms with van der Waals surface area (Å²) in [6.07, 6.45) is 6.30. The molecule has 0 amide bonds. The molecule has 3 nitrogen and oxygen atoms in total. The number of rotatable bonds is 2. The summed E-state index contributed by atoms with van der Waals surface area (Å²) in [6, 6.07) is 1.59. The molecule has 3 unspecified atom stereocenters. The lowest BCUT2D eigenvalue weighted by Crippen LogP contribution is -2.51. The number of hydrogen-bond acceptors (Lipinski definition) is 3. The molecule has 1 saturated heterocycles. The molecule has 0 radical (unpaired) electrons. The normalized spacial score (nSPS) is 39.2. The Morgan fingerprint density at radius 1 is 1.21 bits per heavy atom. The molecule has 0 spiro atoms. The Kier molecular flexibility index (Phi) is 3.42. The molecular weight excluding hydrogens is 176 g/mol. The first-order valence-electron chi connectivity index (χ1n) is 5.84. The summed E-state index contributed by atoms with van der Waals surface area (Å²) in [7, 11) is 2.22. The average molecular weight is 198 g/mol. The van der Waals surface area contributed by atoms with Crippen molar-refractivity contribution < 1.29 is 4.74 Å². The maximum absolute atomic E-state index is 6.17. The van der Waals surface area contributed by atoms with Gasteiger partial charge in [-0.25, -0.2) is 0 Å². The van der Waals surface area contributed by atoms with Crippen LogP contribution in [-0.2, 0) is 4.74 Å². The molecule has 1 saturated carbocycles. The first-order valence-corrected chi connectivity index (χ1v) is 5.84. The van der Waals surface area contributed by atoms with Gasteiger partial charge in [0.05, 0.1) is 6.61 Å². The van der Waals surface area contributed by atoms with Gasteiger partial charge in [-0.2, -0.15) is 0 Å². The fourth-order valence-electron chi connectivity index (χ4n) is 2.76. The highest BCUT2D eigenvalue weighted by atomic mass is 16.5. The smallest absolute Gasteiger partial charge is 0.0622 e. The van der Waals surface area contributed by atoms with Crippen LogP contribution in [0, 0.1) is 0 Å². The van der Waals surface area contributed by atoms with Crippen molar-refractivity contribution in [1.82, 2.24) is 4.90 Å². The van der Waals surface area contributed by atoms with E-state index >= 15 is 0 Å². The van der Waals surface area contributed by atoms with E-state index in [2.05, 4.69) is 11.9 Å². The Morgan fingerprint density at radius 3 is 2.64 bits per heavy atom. The van der Waals surface area contributed by atoms with Crippen molar-refractivity contribution in [3.05, 3.63) is 0 Å². The molecule has 82 valence electrons. The first-order chi connectivity index (χ1) is 6.79. The fourth-order valence-corrected chi connectivity index (χ4v) is 2.76. The molecule has 2 N–H and O–H groups in total. The molecule has 1 aliphatic carbocycles. The van der Waals surface area contributed by atoms with Crippen LogP contribution in [-0.4, -0.2) is 43.3 Å². The largest absolute Gasteiger partial charge is 0.380 e. The van der Waals surface area contributed by atoms with Gasteiger partial charge in [0.25, 0.3) is 0 Å². The fraction of sp³-hybridized carbons (Fsp3) is 1.00. The van der Waals surface area contributed by atoms with Crippen LogP contribution < -0.4 is 5.73 Å². The van der Waals surface area contributed by atoms with Gasteiger partial charge in [0.2, 0.25) is 0 Å². The zero-order valence-corrected chi connectivity index (χ0v) is 9.11. The van der Waals surface area contributed by atoms with Gasteiger partial charge in [0, 0.05) is 24.7 Å². The Labute approximate surface area is 86.6 Å². The van der Waals surface area contributed by atoms with Crippen LogP contribution in [0.3, 0.4) is 0 Å². The van der Waals surface area contributed by atoms with Crippen molar-refractivity contribution in [3.63, 3.8) is 0 Å². The lowest BCUT2D eigenvalue weighted by Gasteiger charge is -2.38. The van der Waals surface area contributed by atoms with Crippen molar-refractivity contribution in [2.75, 3.05) is 20.3 Å². The van der Waals surface area contributed by atoms with Crippen LogP contribution in [0.15, 0.2) is 0 Å². The highest BCUT2D eigenvalue weighted by molar-refractivity contribution is 4.88. The number of ether oxygens (including phenoxy) is 1. The van der Waals surface area contributed by atoms with E-state index in [1.807, 2.05) is 0 Å². The minimum Gasteiger partial charge on any atom is -0.380 e. The van der Waals surface area contributed by atoms with Crippen molar-refractivity contribution >= 4 is 0 Å². The summed E-state index contributed by atoms with van der Waals surface area (Å²) >= 11 is 0. The zero-order valence-electron chi connectivity index (χ0n) is 9.11. The summed E-state index contributed by atoms with van der Waals surface area (Å²) in [6.45, 7) is 1.83. The Morgan fingerprint density at radius 2 is 2.00 bits per heavy atom. The SMILES string of the molecule is CN(C1CCOC1)C1CCCCC1N. The van der Waals surface area contributed by atoms with E-state index in [1.165, 1.54) is 32.1 Å². The van der Waals surface area contributed by atoms with E-state index in [0.29, 0.717) is 18.1 Å². The molecule has 2 aliphatic rings. The van der Waals surface area contributed by atoms with Crippen LogP contribution in [0.2, 0.25) is 0 Å². The van der Waals surface area contributed by atoms with Crippen molar-refractivity contribution in [3.8, 4) is 0 Å². The van der Waals surface area contributed by atoms with Crippen molar-refractivity contribution in [2.24, 2.45) is 5.73 Å². The topological polar surface area (TPSA) is 38.5 Å². The molecule has 0 aromatic carbocycles. The van der Waals surface area contributed by atoms with Gasteiger partial charge >= 0.3 is 0 Å². The van der Waals surface area contributed by atoms with E-state index in [-0.39, 0.29) is 0 Å². The minimum atomic E-state index is 0.384. The van der Waals surface area contributed by atoms with E-state index in [1.54, 1.807) is 0 Å². The molecule has 0 aromatic heterocycles. The Hall–Kier alpha value is -0.120. The second-order valence-corrected chi connectivity index (χ2v) is 4.70. The van der Waals surface area contributed by atoms with Crippen LogP contribution in [0.4, 0.5) is 0 Å². The summed E-state index contributed by atoms with van der Waals surface area (Å²) < 4.78 is 5.42. The summed E-state index contributed by atoms with van der Waals surface area (Å²) in [5.41, 5.74) is 6.17. The van der Waals surface area contributed by atoms with Crippen LogP contribution in [0.5, 0.6) is 0 Å². The number of nitrogens with two attached hydrogens (primary N) is 1.